The topological polar surface area (TPSA) is 67.8 Å². The molecule has 0 radical (unpaired) electrons. The highest BCUT2D eigenvalue weighted by Crippen LogP contribution is 2.39. The molecule has 114 valence electrons. The summed E-state index contributed by atoms with van der Waals surface area (Å²) in [6.07, 6.45) is 9.23. The Morgan fingerprint density at radius 3 is 2.60 bits per heavy atom. The molecule has 2 unspecified atom stereocenters. The molecule has 0 aromatic carbocycles. The Hall–Kier alpha value is -0.780. The SMILES string of the molecule is CC12CCCCC1S(=O)(=O)N=C(NC1CCCCC1)O2. The van der Waals surface area contributed by atoms with E-state index in [1.165, 1.54) is 19.3 Å². The van der Waals surface area contributed by atoms with E-state index >= 15 is 0 Å². The lowest BCUT2D eigenvalue weighted by Crippen LogP contribution is -2.56. The maximum absolute atomic E-state index is 12.4. The number of ether oxygens (including phenoxy) is 1. The Morgan fingerprint density at radius 2 is 1.85 bits per heavy atom. The summed E-state index contributed by atoms with van der Waals surface area (Å²) in [6.45, 7) is 1.92. The van der Waals surface area contributed by atoms with Crippen molar-refractivity contribution in [1.82, 2.24) is 5.32 Å². The molecule has 2 fully saturated rings. The van der Waals surface area contributed by atoms with E-state index in [2.05, 4.69) is 9.71 Å². The minimum absolute atomic E-state index is 0.234. The van der Waals surface area contributed by atoms with Crippen molar-refractivity contribution in [1.29, 1.82) is 0 Å². The minimum atomic E-state index is -3.44. The van der Waals surface area contributed by atoms with Gasteiger partial charge in [-0.1, -0.05) is 25.7 Å². The predicted octanol–water partition coefficient (Wildman–Crippen LogP) is 2.33. The molecule has 3 aliphatic rings. The maximum atomic E-state index is 12.4. The fraction of sp³-hybridized carbons (Fsp3) is 0.929. The van der Waals surface area contributed by atoms with Crippen molar-refractivity contribution in [3.05, 3.63) is 0 Å². The van der Waals surface area contributed by atoms with E-state index in [0.29, 0.717) is 12.5 Å². The van der Waals surface area contributed by atoms with Gasteiger partial charge < -0.3 is 10.1 Å². The lowest BCUT2D eigenvalue weighted by molar-refractivity contribution is 0.0295. The van der Waals surface area contributed by atoms with E-state index in [1.54, 1.807) is 0 Å². The molecule has 0 amide bonds. The summed E-state index contributed by atoms with van der Waals surface area (Å²) in [5.74, 6) is 0. The van der Waals surface area contributed by atoms with Crippen LogP contribution >= 0.6 is 0 Å². The van der Waals surface area contributed by atoms with Crippen LogP contribution in [0.25, 0.3) is 0 Å². The first-order chi connectivity index (χ1) is 9.50. The Balaban J connectivity index is 1.79. The summed E-state index contributed by atoms with van der Waals surface area (Å²) >= 11 is 0. The monoisotopic (exact) mass is 300 g/mol. The van der Waals surface area contributed by atoms with Gasteiger partial charge in [-0.3, -0.25) is 0 Å². The number of nitrogens with one attached hydrogen (secondary N) is 1. The summed E-state index contributed by atoms with van der Waals surface area (Å²) in [5, 5.41) is 2.75. The van der Waals surface area contributed by atoms with Gasteiger partial charge in [0.05, 0.1) is 0 Å². The highest BCUT2D eigenvalue weighted by molar-refractivity contribution is 7.91. The zero-order valence-corrected chi connectivity index (χ0v) is 12.9. The van der Waals surface area contributed by atoms with E-state index in [-0.39, 0.29) is 6.02 Å². The van der Waals surface area contributed by atoms with E-state index in [9.17, 15) is 8.42 Å². The summed E-state index contributed by atoms with van der Waals surface area (Å²) < 4.78 is 34.6. The predicted molar refractivity (Wildman–Crippen MR) is 78.1 cm³/mol. The lowest BCUT2D eigenvalue weighted by Gasteiger charge is -2.43. The van der Waals surface area contributed by atoms with Crippen molar-refractivity contribution in [3.63, 3.8) is 0 Å². The number of rotatable bonds is 1. The molecule has 6 heteroatoms. The molecule has 2 saturated carbocycles. The van der Waals surface area contributed by atoms with Gasteiger partial charge in [0, 0.05) is 6.04 Å². The molecule has 1 heterocycles. The summed E-state index contributed by atoms with van der Waals surface area (Å²) in [6, 6.07) is 0.541. The Labute approximate surface area is 121 Å². The Bertz CT molecular complexity index is 497. The zero-order valence-electron chi connectivity index (χ0n) is 12.1. The third kappa shape index (κ3) is 2.67. The van der Waals surface area contributed by atoms with Gasteiger partial charge >= 0.3 is 6.02 Å². The normalized spacial score (nSPS) is 37.5. The average molecular weight is 300 g/mol. The highest BCUT2D eigenvalue weighted by atomic mass is 32.2. The molecule has 2 atom stereocenters. The smallest absolute Gasteiger partial charge is 0.301 e. The van der Waals surface area contributed by atoms with Crippen molar-refractivity contribution in [3.8, 4) is 0 Å². The zero-order chi connectivity index (χ0) is 14.2. The summed E-state index contributed by atoms with van der Waals surface area (Å²) in [7, 11) is -3.44. The first kappa shape index (κ1) is 14.2. The molecular weight excluding hydrogens is 276 g/mol. The standard InChI is InChI=1S/C14H24N2O3S/c1-14-10-6-5-9-12(14)20(17,18)16-13(19-14)15-11-7-3-2-4-8-11/h11-12H,2-10H2,1H3,(H,15,16). The highest BCUT2D eigenvalue weighted by Gasteiger charge is 2.50. The van der Waals surface area contributed by atoms with Crippen molar-refractivity contribution in [2.45, 2.75) is 81.6 Å². The molecular formula is C14H24N2O3S. The van der Waals surface area contributed by atoms with Crippen LogP contribution in [0.1, 0.15) is 64.7 Å². The van der Waals surface area contributed by atoms with Gasteiger partial charge in [-0.2, -0.15) is 0 Å². The van der Waals surface area contributed by atoms with E-state index in [0.717, 1.165) is 32.1 Å². The maximum Gasteiger partial charge on any atom is 0.301 e. The number of sulfonamides is 1. The Morgan fingerprint density at radius 1 is 1.15 bits per heavy atom. The Kier molecular flexibility index (Phi) is 3.69. The van der Waals surface area contributed by atoms with Crippen LogP contribution in [-0.2, 0) is 14.8 Å². The number of nitrogens with zero attached hydrogens (tertiary/aromatic N) is 1. The second-order valence-corrected chi connectivity index (χ2v) is 8.32. The molecule has 0 bridgehead atoms. The molecule has 2 aliphatic carbocycles. The largest absolute Gasteiger partial charge is 0.457 e. The molecule has 1 aliphatic heterocycles. The number of fused-ring (bicyclic) bond motifs is 1. The third-order valence-electron chi connectivity index (χ3n) is 4.90. The number of hydrogen-bond donors (Lipinski definition) is 1. The molecule has 1 N–H and O–H groups in total. The fourth-order valence-electron chi connectivity index (χ4n) is 3.75. The van der Waals surface area contributed by atoms with Crippen LogP contribution in [0.5, 0.6) is 0 Å². The van der Waals surface area contributed by atoms with Crippen LogP contribution in [0, 0.1) is 0 Å². The van der Waals surface area contributed by atoms with Crippen molar-refractivity contribution >= 4 is 16.0 Å². The summed E-state index contributed by atoms with van der Waals surface area (Å²) in [5.41, 5.74) is -0.601. The lowest BCUT2D eigenvalue weighted by atomic mass is 9.85. The van der Waals surface area contributed by atoms with Gasteiger partial charge in [0.15, 0.2) is 0 Å². The molecule has 0 aromatic heterocycles. The summed E-state index contributed by atoms with van der Waals surface area (Å²) in [4.78, 5) is 0. The van der Waals surface area contributed by atoms with Crippen molar-refractivity contribution in [2.24, 2.45) is 4.40 Å². The second kappa shape index (κ2) is 5.20. The van der Waals surface area contributed by atoms with Gasteiger partial charge in [0.1, 0.15) is 10.9 Å². The average Bonchev–Trinajstić information content (AvgIpc) is 2.38. The molecule has 5 nitrogen and oxygen atoms in total. The fourth-order valence-corrected chi connectivity index (χ4v) is 5.46. The first-order valence-corrected chi connectivity index (χ1v) is 9.29. The van der Waals surface area contributed by atoms with Crippen LogP contribution in [0.2, 0.25) is 0 Å². The van der Waals surface area contributed by atoms with Crippen molar-refractivity contribution < 1.29 is 13.2 Å². The van der Waals surface area contributed by atoms with Crippen LogP contribution in [0.3, 0.4) is 0 Å². The van der Waals surface area contributed by atoms with E-state index < -0.39 is 20.9 Å². The number of amidine groups is 1. The molecule has 0 aromatic rings. The van der Waals surface area contributed by atoms with Crippen LogP contribution < -0.4 is 5.32 Å². The first-order valence-electron chi connectivity index (χ1n) is 7.79. The van der Waals surface area contributed by atoms with E-state index in [4.69, 9.17) is 4.74 Å². The van der Waals surface area contributed by atoms with Crippen LogP contribution in [-0.4, -0.2) is 31.3 Å². The quantitative estimate of drug-likeness (QED) is 0.807. The number of hydrogen-bond acceptors (Lipinski definition) is 4. The van der Waals surface area contributed by atoms with Gasteiger partial charge in [-0.25, -0.2) is 8.42 Å². The van der Waals surface area contributed by atoms with E-state index in [1.807, 2.05) is 6.92 Å². The molecule has 20 heavy (non-hydrogen) atoms. The van der Waals surface area contributed by atoms with Crippen LogP contribution in [0.15, 0.2) is 4.40 Å². The third-order valence-corrected chi connectivity index (χ3v) is 6.78. The molecule has 0 spiro atoms. The minimum Gasteiger partial charge on any atom is -0.457 e. The van der Waals surface area contributed by atoms with Gasteiger partial charge in [0.25, 0.3) is 10.0 Å². The van der Waals surface area contributed by atoms with Gasteiger partial charge in [-0.05, 0) is 39.0 Å². The van der Waals surface area contributed by atoms with Gasteiger partial charge in [0.2, 0.25) is 0 Å². The van der Waals surface area contributed by atoms with Crippen LogP contribution in [0.4, 0.5) is 0 Å². The van der Waals surface area contributed by atoms with Crippen molar-refractivity contribution in [2.75, 3.05) is 0 Å². The molecule has 3 rings (SSSR count). The van der Waals surface area contributed by atoms with Gasteiger partial charge in [-0.15, -0.1) is 4.40 Å². The molecule has 0 saturated heterocycles. The second-order valence-electron chi connectivity index (χ2n) is 6.54.